The molecule has 0 aliphatic carbocycles. The number of Topliss-reactive ketones (excluding diaryl/α,β-unsaturated/α-hetero) is 1. The molecule has 0 aromatic heterocycles. The zero-order chi connectivity index (χ0) is 12.6. The Balaban J connectivity index is 4.95. The molecule has 4 heteroatoms. The lowest BCUT2D eigenvalue weighted by molar-refractivity contribution is -0.129. The molecule has 4 nitrogen and oxygen atoms in total. The van der Waals surface area contributed by atoms with Crippen molar-refractivity contribution < 1.29 is 9.59 Å². The number of rotatable bonds is 7. The van der Waals surface area contributed by atoms with Crippen LogP contribution < -0.4 is 0 Å². The Morgan fingerprint density at radius 3 is 2.44 bits per heavy atom. The summed E-state index contributed by atoms with van der Waals surface area (Å²) in [4.78, 5) is 22.2. The van der Waals surface area contributed by atoms with Crippen LogP contribution in [0.2, 0.25) is 0 Å². The fourth-order valence-corrected chi connectivity index (χ4v) is 1.77. The van der Waals surface area contributed by atoms with Crippen molar-refractivity contribution in [1.82, 2.24) is 0 Å². The third kappa shape index (κ3) is 3.47. The Bertz CT molecular complexity index is 338. The molecule has 0 aliphatic rings. The Morgan fingerprint density at radius 2 is 2.06 bits per heavy atom. The Kier molecular flexibility index (Phi) is 6.03. The smallest absolute Gasteiger partial charge is 0.137 e. The fourth-order valence-electron chi connectivity index (χ4n) is 1.77. The number of carbonyl (C=O) groups is 2. The summed E-state index contributed by atoms with van der Waals surface area (Å²) in [6, 6.07) is 3.98. The first-order chi connectivity index (χ1) is 7.52. The third-order valence-electron chi connectivity index (χ3n) is 3.14. The van der Waals surface area contributed by atoms with Gasteiger partial charge in [0.2, 0.25) is 0 Å². The van der Waals surface area contributed by atoms with Crippen LogP contribution in [0.5, 0.6) is 0 Å². The van der Waals surface area contributed by atoms with E-state index in [4.69, 9.17) is 10.5 Å². The highest BCUT2D eigenvalue weighted by molar-refractivity contribution is 5.83. The van der Waals surface area contributed by atoms with Gasteiger partial charge in [0.05, 0.1) is 12.1 Å². The SMILES string of the molecule is CC(=O)[C@](C)(CC#N)[C@H](CC=O)CCC#N. The lowest BCUT2D eigenvalue weighted by atomic mass is 9.69. The van der Waals surface area contributed by atoms with E-state index < -0.39 is 5.41 Å². The molecule has 0 heterocycles. The molecule has 0 amide bonds. The molecule has 0 aromatic carbocycles. The summed E-state index contributed by atoms with van der Waals surface area (Å²) in [5, 5.41) is 17.3. The van der Waals surface area contributed by atoms with Crippen molar-refractivity contribution in [3.63, 3.8) is 0 Å². The zero-order valence-corrected chi connectivity index (χ0v) is 9.69. The van der Waals surface area contributed by atoms with Gasteiger partial charge in [-0.05, 0) is 19.3 Å². The summed E-state index contributed by atoms with van der Waals surface area (Å²) >= 11 is 0. The van der Waals surface area contributed by atoms with Gasteiger partial charge >= 0.3 is 0 Å². The molecule has 0 saturated heterocycles. The van der Waals surface area contributed by atoms with Crippen LogP contribution in [0, 0.1) is 34.0 Å². The van der Waals surface area contributed by atoms with Crippen LogP contribution in [-0.4, -0.2) is 12.1 Å². The van der Waals surface area contributed by atoms with Crippen LogP contribution in [0.25, 0.3) is 0 Å². The van der Waals surface area contributed by atoms with Gasteiger partial charge in [0.25, 0.3) is 0 Å². The van der Waals surface area contributed by atoms with Crippen molar-refractivity contribution in [3.05, 3.63) is 0 Å². The van der Waals surface area contributed by atoms with E-state index in [0.29, 0.717) is 12.8 Å². The number of hydrogen-bond donors (Lipinski definition) is 0. The summed E-state index contributed by atoms with van der Waals surface area (Å²) in [6.07, 6.45) is 1.84. The predicted molar refractivity (Wildman–Crippen MR) is 58.0 cm³/mol. The van der Waals surface area contributed by atoms with E-state index in [-0.39, 0.29) is 24.5 Å². The van der Waals surface area contributed by atoms with Gasteiger partial charge in [0.1, 0.15) is 12.1 Å². The highest BCUT2D eigenvalue weighted by Crippen LogP contribution is 2.37. The second kappa shape index (κ2) is 6.74. The Morgan fingerprint density at radius 1 is 1.44 bits per heavy atom. The molecule has 0 bridgehead atoms. The quantitative estimate of drug-likeness (QED) is 0.614. The number of nitrogens with zero attached hydrogens (tertiary/aromatic N) is 2. The van der Waals surface area contributed by atoms with Crippen LogP contribution in [0.15, 0.2) is 0 Å². The first-order valence-corrected chi connectivity index (χ1v) is 5.21. The fraction of sp³-hybridized carbons (Fsp3) is 0.667. The third-order valence-corrected chi connectivity index (χ3v) is 3.14. The first-order valence-electron chi connectivity index (χ1n) is 5.21. The van der Waals surface area contributed by atoms with Gasteiger partial charge in [0, 0.05) is 24.7 Å². The van der Waals surface area contributed by atoms with E-state index in [9.17, 15) is 9.59 Å². The van der Waals surface area contributed by atoms with Crippen molar-refractivity contribution >= 4 is 12.1 Å². The molecule has 86 valence electrons. The van der Waals surface area contributed by atoms with Gasteiger partial charge in [-0.1, -0.05) is 6.92 Å². The second-order valence-electron chi connectivity index (χ2n) is 4.10. The number of hydrogen-bond acceptors (Lipinski definition) is 4. The summed E-state index contributed by atoms with van der Waals surface area (Å²) in [6.45, 7) is 3.13. The van der Waals surface area contributed by atoms with Crippen molar-refractivity contribution in [1.29, 1.82) is 10.5 Å². The number of nitriles is 2. The summed E-state index contributed by atoms with van der Waals surface area (Å²) in [5.74, 6) is -0.319. The maximum atomic E-state index is 11.6. The molecule has 0 spiro atoms. The molecule has 0 unspecified atom stereocenters. The van der Waals surface area contributed by atoms with E-state index in [0.717, 1.165) is 6.29 Å². The Hall–Kier alpha value is -1.68. The monoisotopic (exact) mass is 220 g/mol. The van der Waals surface area contributed by atoms with Crippen molar-refractivity contribution in [2.24, 2.45) is 11.3 Å². The van der Waals surface area contributed by atoms with Gasteiger partial charge in [-0.25, -0.2) is 0 Å². The lowest BCUT2D eigenvalue weighted by Crippen LogP contribution is -2.34. The molecule has 2 atom stereocenters. The van der Waals surface area contributed by atoms with E-state index >= 15 is 0 Å². The van der Waals surface area contributed by atoms with Crippen molar-refractivity contribution in [3.8, 4) is 12.1 Å². The number of carbonyl (C=O) groups excluding carboxylic acids is 2. The van der Waals surface area contributed by atoms with Gasteiger partial charge in [-0.2, -0.15) is 10.5 Å². The van der Waals surface area contributed by atoms with E-state index in [1.54, 1.807) is 6.92 Å². The van der Waals surface area contributed by atoms with Gasteiger partial charge in [0.15, 0.2) is 0 Å². The minimum absolute atomic E-state index is 0.0896. The zero-order valence-electron chi connectivity index (χ0n) is 9.69. The minimum atomic E-state index is -0.813. The topological polar surface area (TPSA) is 81.7 Å². The average molecular weight is 220 g/mol. The number of aldehydes is 1. The van der Waals surface area contributed by atoms with Gasteiger partial charge in [-0.15, -0.1) is 0 Å². The van der Waals surface area contributed by atoms with Crippen molar-refractivity contribution in [2.45, 2.75) is 39.5 Å². The van der Waals surface area contributed by atoms with Crippen LogP contribution in [0.1, 0.15) is 39.5 Å². The van der Waals surface area contributed by atoms with Gasteiger partial charge < -0.3 is 4.79 Å². The highest BCUT2D eigenvalue weighted by atomic mass is 16.1. The Labute approximate surface area is 95.9 Å². The predicted octanol–water partition coefficient (Wildman–Crippen LogP) is 2.00. The second-order valence-corrected chi connectivity index (χ2v) is 4.10. The summed E-state index contributed by atoms with van der Waals surface area (Å²) in [5.41, 5.74) is -0.813. The summed E-state index contributed by atoms with van der Waals surface area (Å²) < 4.78 is 0. The molecule has 0 saturated carbocycles. The molecule has 0 aliphatic heterocycles. The molecule has 0 N–H and O–H groups in total. The van der Waals surface area contributed by atoms with E-state index in [2.05, 4.69) is 0 Å². The number of ketones is 1. The van der Waals surface area contributed by atoms with E-state index in [1.807, 2.05) is 12.1 Å². The first kappa shape index (κ1) is 14.3. The van der Waals surface area contributed by atoms with Crippen LogP contribution in [0.3, 0.4) is 0 Å². The lowest BCUT2D eigenvalue weighted by Gasteiger charge is -2.32. The van der Waals surface area contributed by atoms with Gasteiger partial charge in [-0.3, -0.25) is 4.79 Å². The maximum Gasteiger partial charge on any atom is 0.137 e. The van der Waals surface area contributed by atoms with Crippen LogP contribution in [0.4, 0.5) is 0 Å². The van der Waals surface area contributed by atoms with E-state index in [1.165, 1.54) is 6.92 Å². The van der Waals surface area contributed by atoms with Crippen LogP contribution >= 0.6 is 0 Å². The van der Waals surface area contributed by atoms with Crippen LogP contribution in [-0.2, 0) is 9.59 Å². The molecule has 0 fully saturated rings. The molecule has 16 heavy (non-hydrogen) atoms. The molecule has 0 rings (SSSR count). The standard InChI is InChI=1S/C12H16N2O2/c1-10(16)12(2,6-8-14)11(5-9-15)4-3-7-13/h9,11H,3-6H2,1-2H3/t11-,12-/m0/s1. The molecular weight excluding hydrogens is 204 g/mol. The largest absolute Gasteiger partial charge is 0.303 e. The highest BCUT2D eigenvalue weighted by Gasteiger charge is 2.37. The van der Waals surface area contributed by atoms with Crippen molar-refractivity contribution in [2.75, 3.05) is 0 Å². The summed E-state index contributed by atoms with van der Waals surface area (Å²) in [7, 11) is 0. The molecule has 0 radical (unpaired) electrons. The maximum absolute atomic E-state index is 11.6. The minimum Gasteiger partial charge on any atom is -0.303 e. The molecular formula is C12H16N2O2. The average Bonchev–Trinajstić information content (AvgIpc) is 2.24. The molecule has 0 aromatic rings. The normalized spacial score (nSPS) is 15.2.